The first-order chi connectivity index (χ1) is 17.4. The van der Waals surface area contributed by atoms with Crippen LogP contribution >= 0.6 is 0 Å². The van der Waals surface area contributed by atoms with E-state index in [1.54, 1.807) is 12.1 Å². The minimum absolute atomic E-state index is 0.0635. The lowest BCUT2D eigenvalue weighted by molar-refractivity contribution is -0.140. The normalized spacial score (nSPS) is 12.8. The van der Waals surface area contributed by atoms with Crippen molar-refractivity contribution in [1.82, 2.24) is 10.2 Å². The van der Waals surface area contributed by atoms with E-state index in [1.165, 1.54) is 25.2 Å². The topological polar surface area (TPSA) is 105 Å². The molecule has 1 N–H and O–H groups in total. The van der Waals surface area contributed by atoms with E-state index in [0.29, 0.717) is 12.2 Å². The van der Waals surface area contributed by atoms with Gasteiger partial charge in [-0.15, -0.1) is 0 Å². The van der Waals surface area contributed by atoms with Gasteiger partial charge in [-0.2, -0.15) is 0 Å². The molecule has 0 aliphatic heterocycles. The van der Waals surface area contributed by atoms with Gasteiger partial charge in [0.15, 0.2) is 0 Å². The summed E-state index contributed by atoms with van der Waals surface area (Å²) in [6, 6.07) is 11.5. The Morgan fingerprint density at radius 1 is 1.00 bits per heavy atom. The van der Waals surface area contributed by atoms with Crippen LogP contribution in [-0.4, -0.2) is 64.2 Å². The fourth-order valence-electron chi connectivity index (χ4n) is 3.84. The summed E-state index contributed by atoms with van der Waals surface area (Å²) in [5.74, 6) is -0.109. The van der Waals surface area contributed by atoms with E-state index in [0.717, 1.165) is 28.1 Å². The Balaban J connectivity index is 2.52. The molecule has 0 unspecified atom stereocenters. The van der Waals surface area contributed by atoms with Gasteiger partial charge in [0.1, 0.15) is 24.1 Å². The molecule has 9 nitrogen and oxygen atoms in total. The first-order valence-electron chi connectivity index (χ1n) is 12.3. The van der Waals surface area contributed by atoms with Crippen LogP contribution in [0.25, 0.3) is 0 Å². The molecule has 0 saturated carbocycles. The molecule has 204 valence electrons. The molecule has 2 atom stereocenters. The van der Waals surface area contributed by atoms with Crippen LogP contribution in [0.1, 0.15) is 44.7 Å². The summed E-state index contributed by atoms with van der Waals surface area (Å²) >= 11 is 0. The smallest absolute Gasteiger partial charge is 0.244 e. The van der Waals surface area contributed by atoms with E-state index in [-0.39, 0.29) is 29.9 Å². The molecule has 10 heteroatoms. The van der Waals surface area contributed by atoms with E-state index < -0.39 is 28.5 Å². The fraction of sp³-hybridized carbons (Fsp3) is 0.481. The van der Waals surface area contributed by atoms with Gasteiger partial charge in [0.05, 0.1) is 26.2 Å². The summed E-state index contributed by atoms with van der Waals surface area (Å²) in [6.07, 6.45) is 2.13. The van der Waals surface area contributed by atoms with Crippen molar-refractivity contribution in [2.75, 3.05) is 31.3 Å². The van der Waals surface area contributed by atoms with E-state index in [9.17, 15) is 18.0 Å². The SMILES string of the molecule is CC[C@@H](C)NC(=O)[C@@H](CC)N(Cc1ccc(C)cc1)C(=O)CN(c1cc(OC)ccc1OC)S(C)(=O)=O. The first-order valence-corrected chi connectivity index (χ1v) is 14.1. The van der Waals surface area contributed by atoms with Crippen LogP contribution in [0, 0.1) is 6.92 Å². The molecule has 0 saturated heterocycles. The monoisotopic (exact) mass is 533 g/mol. The number of amides is 2. The molecular weight excluding hydrogens is 494 g/mol. The molecule has 0 fully saturated rings. The standard InChI is InChI=1S/C27H39N3O6S/c1-8-20(4)28-27(32)23(9-2)29(17-21-12-10-19(3)11-13-21)26(31)18-30(37(7,33)34)24-16-22(35-5)14-15-25(24)36-6/h10-16,20,23H,8-9,17-18H2,1-7H3,(H,28,32)/t20-,23-/m1/s1. The zero-order valence-electron chi connectivity index (χ0n) is 22.8. The quantitative estimate of drug-likeness (QED) is 0.423. The maximum Gasteiger partial charge on any atom is 0.244 e. The summed E-state index contributed by atoms with van der Waals surface area (Å²) < 4.78 is 37.4. The van der Waals surface area contributed by atoms with Crippen molar-refractivity contribution >= 4 is 27.5 Å². The number of methoxy groups -OCH3 is 2. The van der Waals surface area contributed by atoms with Crippen LogP contribution in [0.4, 0.5) is 5.69 Å². The third kappa shape index (κ3) is 8.11. The average molecular weight is 534 g/mol. The molecule has 0 aliphatic rings. The van der Waals surface area contributed by atoms with Gasteiger partial charge in [0.2, 0.25) is 21.8 Å². The van der Waals surface area contributed by atoms with Gasteiger partial charge in [-0.1, -0.05) is 43.7 Å². The van der Waals surface area contributed by atoms with Gasteiger partial charge in [-0.05, 0) is 44.4 Å². The summed E-state index contributed by atoms with van der Waals surface area (Å²) in [6.45, 7) is 7.30. The predicted octanol–water partition coefficient (Wildman–Crippen LogP) is 3.50. The lowest BCUT2D eigenvalue weighted by atomic mass is 10.1. The molecule has 0 radical (unpaired) electrons. The Morgan fingerprint density at radius 2 is 1.65 bits per heavy atom. The van der Waals surface area contributed by atoms with E-state index in [4.69, 9.17) is 9.47 Å². The van der Waals surface area contributed by atoms with E-state index >= 15 is 0 Å². The van der Waals surface area contributed by atoms with E-state index in [1.807, 2.05) is 52.0 Å². The van der Waals surface area contributed by atoms with Crippen molar-refractivity contribution in [3.8, 4) is 11.5 Å². The number of rotatable bonds is 13. The molecule has 2 aromatic carbocycles. The average Bonchev–Trinajstić information content (AvgIpc) is 2.86. The summed E-state index contributed by atoms with van der Waals surface area (Å²) in [5, 5.41) is 2.96. The molecule has 2 rings (SSSR count). The van der Waals surface area contributed by atoms with Crippen molar-refractivity contribution in [2.45, 2.75) is 59.2 Å². The predicted molar refractivity (Wildman–Crippen MR) is 145 cm³/mol. The number of ether oxygens (including phenoxy) is 2. The largest absolute Gasteiger partial charge is 0.497 e. The Bertz CT molecular complexity index is 1170. The highest BCUT2D eigenvalue weighted by molar-refractivity contribution is 7.92. The van der Waals surface area contributed by atoms with Crippen molar-refractivity contribution in [1.29, 1.82) is 0 Å². The van der Waals surface area contributed by atoms with Crippen LogP contribution < -0.4 is 19.1 Å². The summed E-state index contributed by atoms with van der Waals surface area (Å²) in [7, 11) is -1.02. The Hall–Kier alpha value is -3.27. The number of hydrogen-bond acceptors (Lipinski definition) is 6. The summed E-state index contributed by atoms with van der Waals surface area (Å²) in [4.78, 5) is 28.5. The van der Waals surface area contributed by atoms with Crippen molar-refractivity contribution in [3.63, 3.8) is 0 Å². The molecule has 0 spiro atoms. The van der Waals surface area contributed by atoms with Gasteiger partial charge in [0.25, 0.3) is 0 Å². The molecule has 2 aromatic rings. The number of sulfonamides is 1. The highest BCUT2D eigenvalue weighted by atomic mass is 32.2. The van der Waals surface area contributed by atoms with Crippen molar-refractivity contribution in [2.24, 2.45) is 0 Å². The lowest BCUT2D eigenvalue weighted by Crippen LogP contribution is -2.53. The highest BCUT2D eigenvalue weighted by Gasteiger charge is 2.33. The minimum atomic E-state index is -3.91. The number of benzene rings is 2. The molecule has 37 heavy (non-hydrogen) atoms. The van der Waals surface area contributed by atoms with Crippen LogP contribution in [0.15, 0.2) is 42.5 Å². The Labute approximate surface area is 220 Å². The number of aryl methyl sites for hydroxylation is 1. The number of nitrogens with zero attached hydrogens (tertiary/aromatic N) is 2. The Morgan fingerprint density at radius 3 is 2.16 bits per heavy atom. The summed E-state index contributed by atoms with van der Waals surface area (Å²) in [5.41, 5.74) is 2.07. The molecule has 0 bridgehead atoms. The van der Waals surface area contributed by atoms with Crippen LogP contribution in [0.2, 0.25) is 0 Å². The van der Waals surface area contributed by atoms with Crippen LogP contribution in [0.5, 0.6) is 11.5 Å². The number of carbonyl (C=O) groups is 2. The van der Waals surface area contributed by atoms with Gasteiger partial charge in [0, 0.05) is 18.7 Å². The fourth-order valence-corrected chi connectivity index (χ4v) is 4.68. The molecule has 0 aromatic heterocycles. The van der Waals surface area contributed by atoms with Gasteiger partial charge in [-0.25, -0.2) is 8.42 Å². The number of anilines is 1. The van der Waals surface area contributed by atoms with Crippen molar-refractivity contribution in [3.05, 3.63) is 53.6 Å². The van der Waals surface area contributed by atoms with Crippen molar-refractivity contribution < 1.29 is 27.5 Å². The van der Waals surface area contributed by atoms with Crippen LogP contribution in [-0.2, 0) is 26.2 Å². The third-order valence-corrected chi connectivity index (χ3v) is 7.32. The maximum absolute atomic E-state index is 13.8. The zero-order chi connectivity index (χ0) is 27.8. The van der Waals surface area contributed by atoms with Gasteiger partial charge in [-0.3, -0.25) is 13.9 Å². The number of hydrogen-bond donors (Lipinski definition) is 1. The molecule has 0 aliphatic carbocycles. The minimum Gasteiger partial charge on any atom is -0.497 e. The first kappa shape index (κ1) is 30.0. The second-order valence-corrected chi connectivity index (χ2v) is 11.0. The van der Waals surface area contributed by atoms with Gasteiger partial charge >= 0.3 is 0 Å². The maximum atomic E-state index is 13.8. The molecular formula is C27H39N3O6S. The molecule has 2 amide bonds. The number of nitrogens with one attached hydrogen (secondary N) is 1. The van der Waals surface area contributed by atoms with Gasteiger partial charge < -0.3 is 19.7 Å². The molecule has 0 heterocycles. The lowest BCUT2D eigenvalue weighted by Gasteiger charge is -2.33. The second kappa shape index (κ2) is 13.3. The zero-order valence-corrected chi connectivity index (χ0v) is 23.6. The highest BCUT2D eigenvalue weighted by Crippen LogP contribution is 2.34. The third-order valence-electron chi connectivity index (χ3n) is 6.19. The Kier molecular flexibility index (Phi) is 10.8. The second-order valence-electron chi connectivity index (χ2n) is 9.06. The van der Waals surface area contributed by atoms with E-state index in [2.05, 4.69) is 5.32 Å². The number of carbonyl (C=O) groups excluding carboxylic acids is 2. The van der Waals surface area contributed by atoms with Crippen LogP contribution in [0.3, 0.4) is 0 Å².